The molecule has 1 heterocycles. The topological polar surface area (TPSA) is 12.0 Å². The Balaban J connectivity index is 1.94. The third kappa shape index (κ3) is 3.83. The summed E-state index contributed by atoms with van der Waals surface area (Å²) in [6.45, 7) is 6.78. The van der Waals surface area contributed by atoms with Crippen LogP contribution in [0.2, 0.25) is 0 Å². The van der Waals surface area contributed by atoms with E-state index in [0.29, 0.717) is 0 Å². The molecule has 0 bridgehead atoms. The van der Waals surface area contributed by atoms with Crippen LogP contribution in [0, 0.1) is 11.8 Å². The third-order valence-corrected chi connectivity index (χ3v) is 5.50. The lowest BCUT2D eigenvalue weighted by molar-refractivity contribution is 0.325. The minimum atomic E-state index is 0.857. The van der Waals surface area contributed by atoms with Crippen molar-refractivity contribution < 1.29 is 0 Å². The van der Waals surface area contributed by atoms with Crippen LogP contribution in [-0.2, 0) is 12.8 Å². The quantitative estimate of drug-likeness (QED) is 0.776. The van der Waals surface area contributed by atoms with Crippen LogP contribution in [0.25, 0.3) is 0 Å². The Morgan fingerprint density at radius 2 is 1.94 bits per heavy atom. The van der Waals surface area contributed by atoms with Gasteiger partial charge < -0.3 is 5.32 Å². The molecule has 1 saturated carbocycles. The maximum absolute atomic E-state index is 3.57. The Morgan fingerprint density at radius 1 is 1.22 bits per heavy atom. The van der Waals surface area contributed by atoms with Gasteiger partial charge in [0, 0.05) is 9.75 Å². The maximum Gasteiger partial charge on any atom is 0.00515 e. The summed E-state index contributed by atoms with van der Waals surface area (Å²) in [5.74, 6) is 1.83. The van der Waals surface area contributed by atoms with Gasteiger partial charge in [0.05, 0.1) is 0 Å². The van der Waals surface area contributed by atoms with Crippen molar-refractivity contribution in [2.75, 3.05) is 13.1 Å². The normalized spacial score (nSPS) is 18.3. The predicted molar refractivity (Wildman–Crippen MR) is 81.4 cm³/mol. The largest absolute Gasteiger partial charge is 0.317 e. The predicted octanol–water partition coefficient (Wildman–Crippen LogP) is 4.27. The molecule has 0 aromatic carbocycles. The number of thiophene rings is 1. The molecule has 1 nitrogen and oxygen atoms in total. The summed E-state index contributed by atoms with van der Waals surface area (Å²) in [6.07, 6.45) is 8.31. The van der Waals surface area contributed by atoms with Gasteiger partial charge in [-0.05, 0) is 49.9 Å². The molecular formula is C16H27NS. The van der Waals surface area contributed by atoms with E-state index in [-0.39, 0.29) is 0 Å². The van der Waals surface area contributed by atoms with Crippen LogP contribution in [0.5, 0.6) is 0 Å². The molecule has 1 aromatic rings. The van der Waals surface area contributed by atoms with E-state index in [1.165, 1.54) is 45.1 Å². The van der Waals surface area contributed by atoms with Gasteiger partial charge in [-0.3, -0.25) is 0 Å². The fourth-order valence-electron chi connectivity index (χ4n) is 3.14. The Hall–Kier alpha value is -0.340. The molecule has 0 amide bonds. The second-order valence-corrected chi connectivity index (χ2v) is 6.79. The van der Waals surface area contributed by atoms with Crippen LogP contribution in [0.1, 0.15) is 49.3 Å². The van der Waals surface area contributed by atoms with E-state index >= 15 is 0 Å². The van der Waals surface area contributed by atoms with Crippen molar-refractivity contribution in [1.82, 2.24) is 5.32 Å². The molecule has 18 heavy (non-hydrogen) atoms. The second kappa shape index (κ2) is 7.30. The summed E-state index contributed by atoms with van der Waals surface area (Å²) in [7, 11) is 0. The monoisotopic (exact) mass is 265 g/mol. The van der Waals surface area contributed by atoms with Crippen LogP contribution < -0.4 is 5.32 Å². The SMILES string of the molecule is CCNCC(Cc1ccc(CC)s1)C1CCCC1. The molecule has 2 rings (SSSR count). The molecule has 102 valence electrons. The Bertz CT molecular complexity index is 339. The van der Waals surface area contributed by atoms with Crippen LogP contribution in [0.4, 0.5) is 0 Å². The standard InChI is InChI=1S/C16H27NS/c1-3-15-9-10-16(18-15)11-14(12-17-4-2)13-7-5-6-8-13/h9-10,13-14,17H,3-8,11-12H2,1-2H3. The fourth-order valence-corrected chi connectivity index (χ4v) is 4.20. The van der Waals surface area contributed by atoms with E-state index < -0.39 is 0 Å². The van der Waals surface area contributed by atoms with Gasteiger partial charge in [0.15, 0.2) is 0 Å². The number of rotatable bonds is 7. The van der Waals surface area contributed by atoms with Gasteiger partial charge in [-0.2, -0.15) is 0 Å². The molecule has 1 unspecified atom stereocenters. The highest BCUT2D eigenvalue weighted by Gasteiger charge is 2.25. The average Bonchev–Trinajstić information content (AvgIpc) is 3.05. The Morgan fingerprint density at radius 3 is 2.56 bits per heavy atom. The molecule has 1 aliphatic carbocycles. The summed E-state index contributed by atoms with van der Waals surface area (Å²) >= 11 is 2.03. The van der Waals surface area contributed by atoms with E-state index in [4.69, 9.17) is 0 Å². The highest BCUT2D eigenvalue weighted by Crippen LogP contribution is 2.34. The van der Waals surface area contributed by atoms with Crippen molar-refractivity contribution in [1.29, 1.82) is 0 Å². The fraction of sp³-hybridized carbons (Fsp3) is 0.750. The van der Waals surface area contributed by atoms with Gasteiger partial charge in [0.25, 0.3) is 0 Å². The second-order valence-electron chi connectivity index (χ2n) is 5.54. The van der Waals surface area contributed by atoms with Crippen molar-refractivity contribution in [2.45, 2.75) is 52.4 Å². The van der Waals surface area contributed by atoms with Crippen LogP contribution in [-0.4, -0.2) is 13.1 Å². The summed E-state index contributed by atoms with van der Waals surface area (Å²) in [5, 5.41) is 3.57. The highest BCUT2D eigenvalue weighted by molar-refractivity contribution is 7.11. The van der Waals surface area contributed by atoms with Gasteiger partial charge in [-0.15, -0.1) is 11.3 Å². The van der Waals surface area contributed by atoms with Crippen molar-refractivity contribution in [3.8, 4) is 0 Å². The smallest absolute Gasteiger partial charge is 0.00515 e. The first-order chi connectivity index (χ1) is 8.83. The number of hydrogen-bond donors (Lipinski definition) is 1. The molecule has 0 spiro atoms. The highest BCUT2D eigenvalue weighted by atomic mass is 32.1. The molecule has 0 aliphatic heterocycles. The van der Waals surface area contributed by atoms with E-state index in [1.54, 1.807) is 9.75 Å². The maximum atomic E-state index is 3.57. The molecule has 1 N–H and O–H groups in total. The Kier molecular flexibility index (Phi) is 5.71. The van der Waals surface area contributed by atoms with Gasteiger partial charge >= 0.3 is 0 Å². The number of hydrogen-bond acceptors (Lipinski definition) is 2. The van der Waals surface area contributed by atoms with Crippen molar-refractivity contribution in [2.24, 2.45) is 11.8 Å². The minimum Gasteiger partial charge on any atom is -0.317 e. The molecule has 1 atom stereocenters. The van der Waals surface area contributed by atoms with Crippen LogP contribution in [0.3, 0.4) is 0 Å². The molecule has 1 aromatic heterocycles. The molecule has 1 aliphatic rings. The van der Waals surface area contributed by atoms with E-state index in [9.17, 15) is 0 Å². The summed E-state index contributed by atoms with van der Waals surface area (Å²) in [4.78, 5) is 3.14. The lowest BCUT2D eigenvalue weighted by Gasteiger charge is -2.23. The summed E-state index contributed by atoms with van der Waals surface area (Å²) < 4.78 is 0. The molecule has 0 saturated heterocycles. The van der Waals surface area contributed by atoms with Crippen molar-refractivity contribution in [3.63, 3.8) is 0 Å². The van der Waals surface area contributed by atoms with Crippen LogP contribution >= 0.6 is 11.3 Å². The molecule has 0 radical (unpaired) electrons. The zero-order valence-corrected chi connectivity index (χ0v) is 12.7. The molecule has 1 fully saturated rings. The van der Waals surface area contributed by atoms with E-state index in [2.05, 4.69) is 31.3 Å². The third-order valence-electron chi connectivity index (χ3n) is 4.25. The number of nitrogens with one attached hydrogen (secondary N) is 1. The minimum absolute atomic E-state index is 0.857. The van der Waals surface area contributed by atoms with Gasteiger partial charge in [0.1, 0.15) is 0 Å². The first-order valence-corrected chi connectivity index (χ1v) is 8.43. The number of aryl methyl sites for hydroxylation is 1. The zero-order chi connectivity index (χ0) is 12.8. The van der Waals surface area contributed by atoms with Crippen LogP contribution in [0.15, 0.2) is 12.1 Å². The van der Waals surface area contributed by atoms with E-state index in [0.717, 1.165) is 18.4 Å². The van der Waals surface area contributed by atoms with Gasteiger partial charge in [-0.25, -0.2) is 0 Å². The van der Waals surface area contributed by atoms with Gasteiger partial charge in [-0.1, -0.05) is 39.5 Å². The molecule has 2 heteroatoms. The summed E-state index contributed by atoms with van der Waals surface area (Å²) in [6, 6.07) is 4.68. The first kappa shape index (κ1) is 14.1. The first-order valence-electron chi connectivity index (χ1n) is 7.61. The van der Waals surface area contributed by atoms with Crippen molar-refractivity contribution >= 4 is 11.3 Å². The van der Waals surface area contributed by atoms with E-state index in [1.807, 2.05) is 11.3 Å². The Labute approximate surface area is 116 Å². The average molecular weight is 265 g/mol. The van der Waals surface area contributed by atoms with Crippen molar-refractivity contribution in [3.05, 3.63) is 21.9 Å². The molecular weight excluding hydrogens is 238 g/mol. The lowest BCUT2D eigenvalue weighted by atomic mass is 9.87. The summed E-state index contributed by atoms with van der Waals surface area (Å²) in [5.41, 5.74) is 0. The zero-order valence-electron chi connectivity index (χ0n) is 11.9. The van der Waals surface area contributed by atoms with Gasteiger partial charge in [0.2, 0.25) is 0 Å². The lowest BCUT2D eigenvalue weighted by Crippen LogP contribution is -2.28.